The highest BCUT2D eigenvalue weighted by atomic mass is 16.5. The van der Waals surface area contributed by atoms with Gasteiger partial charge in [0.1, 0.15) is 11.5 Å². The molecule has 0 unspecified atom stereocenters. The second kappa shape index (κ2) is 9.11. The lowest BCUT2D eigenvalue weighted by Gasteiger charge is -2.11. The third-order valence-corrected chi connectivity index (χ3v) is 5.62. The molecule has 0 atom stereocenters. The van der Waals surface area contributed by atoms with Crippen molar-refractivity contribution in [3.63, 3.8) is 0 Å². The molecule has 1 N–H and O–H groups in total. The van der Waals surface area contributed by atoms with E-state index in [0.29, 0.717) is 34.3 Å². The molecule has 168 valence electrons. The Balaban J connectivity index is 1.49. The number of carbonyl (C=O) groups is 1. The van der Waals surface area contributed by atoms with E-state index < -0.39 is 0 Å². The predicted molar refractivity (Wildman–Crippen MR) is 132 cm³/mol. The quantitative estimate of drug-likeness (QED) is 0.323. The van der Waals surface area contributed by atoms with Gasteiger partial charge < -0.3 is 19.2 Å². The van der Waals surface area contributed by atoms with Crippen molar-refractivity contribution in [2.45, 2.75) is 0 Å². The van der Waals surface area contributed by atoms with Gasteiger partial charge in [-0.1, -0.05) is 48.5 Å². The topological polar surface area (TPSA) is 73.6 Å². The summed E-state index contributed by atoms with van der Waals surface area (Å²) in [5.41, 5.74) is 2.54. The molecule has 0 bridgehead atoms. The highest BCUT2D eigenvalue weighted by Gasteiger charge is 2.19. The van der Waals surface area contributed by atoms with Crippen molar-refractivity contribution in [2.24, 2.45) is 0 Å². The molecule has 5 rings (SSSR count). The molecule has 0 aliphatic carbocycles. The lowest BCUT2D eigenvalue weighted by Crippen LogP contribution is -2.13. The van der Waals surface area contributed by atoms with Crippen LogP contribution in [0.3, 0.4) is 0 Å². The molecular formula is C28H22N2O4. The van der Waals surface area contributed by atoms with E-state index in [9.17, 15) is 4.79 Å². The number of nitrogens with zero attached hydrogens (tertiary/aromatic N) is 1. The number of methoxy groups -OCH3 is 2. The Labute approximate surface area is 196 Å². The zero-order chi connectivity index (χ0) is 23.5. The van der Waals surface area contributed by atoms with Gasteiger partial charge in [0, 0.05) is 22.7 Å². The van der Waals surface area contributed by atoms with E-state index in [0.717, 1.165) is 22.0 Å². The van der Waals surface area contributed by atoms with E-state index in [-0.39, 0.29) is 5.91 Å². The Bertz CT molecular complexity index is 1480. The molecule has 0 fully saturated rings. The normalized spacial score (nSPS) is 10.8. The Morgan fingerprint density at radius 2 is 1.65 bits per heavy atom. The Morgan fingerprint density at radius 1 is 0.853 bits per heavy atom. The number of oxazole rings is 1. The van der Waals surface area contributed by atoms with Gasteiger partial charge in [-0.3, -0.25) is 4.79 Å². The number of nitrogens with one attached hydrogen (secondary N) is 1. The van der Waals surface area contributed by atoms with Crippen LogP contribution in [0.2, 0.25) is 0 Å². The van der Waals surface area contributed by atoms with E-state index in [1.807, 2.05) is 72.8 Å². The number of ether oxygens (including phenoxy) is 2. The van der Waals surface area contributed by atoms with E-state index >= 15 is 0 Å². The maximum Gasteiger partial charge on any atom is 0.256 e. The van der Waals surface area contributed by atoms with Crippen LogP contribution in [0.15, 0.2) is 95.5 Å². The zero-order valence-electron chi connectivity index (χ0n) is 18.7. The summed E-state index contributed by atoms with van der Waals surface area (Å²) in [6.07, 6.45) is 1.62. The van der Waals surface area contributed by atoms with Crippen LogP contribution in [0.1, 0.15) is 10.4 Å². The monoisotopic (exact) mass is 450 g/mol. The molecular weight excluding hydrogens is 428 g/mol. The molecule has 1 heterocycles. The molecule has 1 aromatic heterocycles. The lowest BCUT2D eigenvalue weighted by atomic mass is 10.1. The first kappa shape index (κ1) is 21.3. The second-order valence-corrected chi connectivity index (χ2v) is 7.62. The van der Waals surface area contributed by atoms with Crippen LogP contribution in [0.5, 0.6) is 11.5 Å². The maximum atomic E-state index is 13.3. The van der Waals surface area contributed by atoms with Crippen LogP contribution in [-0.2, 0) is 0 Å². The molecule has 1 amide bonds. The minimum Gasteiger partial charge on any atom is -0.497 e. The second-order valence-electron chi connectivity index (χ2n) is 7.62. The van der Waals surface area contributed by atoms with Gasteiger partial charge >= 0.3 is 0 Å². The number of hydrogen-bond acceptors (Lipinski definition) is 5. The van der Waals surface area contributed by atoms with Crippen LogP contribution >= 0.6 is 0 Å². The third-order valence-electron chi connectivity index (χ3n) is 5.62. The number of aromatic nitrogens is 1. The van der Waals surface area contributed by atoms with Gasteiger partial charge in [0.25, 0.3) is 5.91 Å². The van der Waals surface area contributed by atoms with Crippen molar-refractivity contribution < 1.29 is 18.7 Å². The predicted octanol–water partition coefficient (Wildman–Crippen LogP) is 6.43. The fourth-order valence-electron chi connectivity index (χ4n) is 3.92. The van der Waals surface area contributed by atoms with Crippen LogP contribution in [-0.4, -0.2) is 25.1 Å². The van der Waals surface area contributed by atoms with Gasteiger partial charge in [0.05, 0.1) is 31.5 Å². The molecule has 6 nitrogen and oxygen atoms in total. The molecule has 5 aromatic rings. The van der Waals surface area contributed by atoms with Crippen molar-refractivity contribution in [1.29, 1.82) is 0 Å². The highest BCUT2D eigenvalue weighted by Crippen LogP contribution is 2.36. The summed E-state index contributed by atoms with van der Waals surface area (Å²) in [5.74, 6) is 1.91. The van der Waals surface area contributed by atoms with Crippen molar-refractivity contribution in [2.75, 3.05) is 19.5 Å². The van der Waals surface area contributed by atoms with E-state index in [1.165, 1.54) is 0 Å². The lowest BCUT2D eigenvalue weighted by molar-refractivity contribution is 0.102. The summed E-state index contributed by atoms with van der Waals surface area (Å²) in [7, 11) is 3.18. The maximum absolute atomic E-state index is 13.3. The summed E-state index contributed by atoms with van der Waals surface area (Å²) < 4.78 is 16.8. The van der Waals surface area contributed by atoms with Crippen molar-refractivity contribution in [3.8, 4) is 34.3 Å². The number of anilines is 1. The molecule has 0 aliphatic heterocycles. The largest absolute Gasteiger partial charge is 0.497 e. The van der Waals surface area contributed by atoms with Crippen LogP contribution in [0.4, 0.5) is 5.69 Å². The Hall–Kier alpha value is -4.58. The Kier molecular flexibility index (Phi) is 5.70. The Morgan fingerprint density at radius 3 is 2.50 bits per heavy atom. The average Bonchev–Trinajstić information content (AvgIpc) is 3.38. The fraction of sp³-hybridized carbons (Fsp3) is 0.0714. The molecule has 0 aliphatic rings. The highest BCUT2D eigenvalue weighted by molar-refractivity contribution is 6.11. The minimum atomic E-state index is -0.242. The molecule has 34 heavy (non-hydrogen) atoms. The van der Waals surface area contributed by atoms with Crippen LogP contribution in [0, 0.1) is 0 Å². The SMILES string of the molecule is COc1ccc(-c2cnc(-c3ccccc3C(=O)Nc3cccc4ccccc34)o2)c(OC)c1. The van der Waals surface area contributed by atoms with Gasteiger partial charge in [-0.15, -0.1) is 0 Å². The average molecular weight is 450 g/mol. The summed E-state index contributed by atoms with van der Waals surface area (Å²) in [4.78, 5) is 17.7. The summed E-state index contributed by atoms with van der Waals surface area (Å²) in [6.45, 7) is 0. The number of carbonyl (C=O) groups excluding carboxylic acids is 1. The number of hydrogen-bond donors (Lipinski definition) is 1. The van der Waals surface area contributed by atoms with E-state index in [2.05, 4.69) is 10.3 Å². The number of rotatable bonds is 6. The van der Waals surface area contributed by atoms with Crippen molar-refractivity contribution in [1.82, 2.24) is 4.98 Å². The van der Waals surface area contributed by atoms with E-state index in [1.54, 1.807) is 32.5 Å². The molecule has 0 saturated carbocycles. The molecule has 0 saturated heterocycles. The molecule has 0 spiro atoms. The summed E-state index contributed by atoms with van der Waals surface area (Å²) >= 11 is 0. The van der Waals surface area contributed by atoms with Gasteiger partial charge in [-0.25, -0.2) is 4.98 Å². The van der Waals surface area contributed by atoms with Crippen molar-refractivity contribution in [3.05, 3.63) is 96.7 Å². The minimum absolute atomic E-state index is 0.242. The first-order valence-corrected chi connectivity index (χ1v) is 10.7. The zero-order valence-corrected chi connectivity index (χ0v) is 18.7. The summed E-state index contributed by atoms with van der Waals surface area (Å²) in [5, 5.41) is 5.07. The molecule has 6 heteroatoms. The van der Waals surface area contributed by atoms with E-state index in [4.69, 9.17) is 13.9 Å². The molecule has 4 aromatic carbocycles. The van der Waals surface area contributed by atoms with Crippen LogP contribution in [0.25, 0.3) is 33.6 Å². The smallest absolute Gasteiger partial charge is 0.256 e. The fourth-order valence-corrected chi connectivity index (χ4v) is 3.92. The van der Waals surface area contributed by atoms with Gasteiger partial charge in [0.15, 0.2) is 5.76 Å². The first-order chi connectivity index (χ1) is 16.7. The number of amides is 1. The number of benzene rings is 4. The van der Waals surface area contributed by atoms with Gasteiger partial charge in [-0.2, -0.15) is 0 Å². The summed E-state index contributed by atoms with van der Waals surface area (Å²) in [6, 6.07) is 26.5. The standard InChI is InChI=1S/C28H22N2O4/c1-32-19-14-15-23(25(16-19)33-2)26-17-29-28(34-26)22-12-6-5-11-21(22)27(31)30-24-13-7-9-18-8-3-4-10-20(18)24/h3-17H,1-2H3,(H,30,31). The van der Waals surface area contributed by atoms with Gasteiger partial charge in [-0.05, 0) is 35.7 Å². The van der Waals surface area contributed by atoms with Crippen molar-refractivity contribution >= 4 is 22.4 Å². The first-order valence-electron chi connectivity index (χ1n) is 10.7. The molecule has 0 radical (unpaired) electrons. The number of fused-ring (bicyclic) bond motifs is 1. The van der Waals surface area contributed by atoms with Crippen LogP contribution < -0.4 is 14.8 Å². The third kappa shape index (κ3) is 3.97. The van der Waals surface area contributed by atoms with Gasteiger partial charge in [0.2, 0.25) is 5.89 Å².